The monoisotopic (exact) mass is 223 g/mol. The van der Waals surface area contributed by atoms with E-state index in [9.17, 15) is 4.79 Å². The highest BCUT2D eigenvalue weighted by Gasteiger charge is 2.17. The summed E-state index contributed by atoms with van der Waals surface area (Å²) in [6.45, 7) is 2.51. The van der Waals surface area contributed by atoms with Crippen molar-refractivity contribution in [1.82, 2.24) is 4.90 Å². The molecule has 2 rings (SSSR count). The quantitative estimate of drug-likeness (QED) is 0.713. The molecule has 0 aromatic carbocycles. The van der Waals surface area contributed by atoms with Gasteiger partial charge in [0.1, 0.15) is 5.76 Å². The fourth-order valence-corrected chi connectivity index (χ4v) is 2.01. The maximum absolute atomic E-state index is 10.5. The lowest BCUT2D eigenvalue weighted by Crippen LogP contribution is -2.28. The van der Waals surface area contributed by atoms with Gasteiger partial charge >= 0.3 is 0 Å². The minimum absolute atomic E-state index is 0.352. The van der Waals surface area contributed by atoms with Crippen LogP contribution < -0.4 is 0 Å². The molecule has 0 N–H and O–H groups in total. The molecular weight excluding hydrogens is 206 g/mol. The Labute approximate surface area is 95.2 Å². The Balaban J connectivity index is 1.81. The van der Waals surface area contributed by atoms with E-state index >= 15 is 0 Å². The molecule has 4 heteroatoms. The molecule has 0 amide bonds. The number of hydrogen-bond donors (Lipinski definition) is 0. The summed E-state index contributed by atoms with van der Waals surface area (Å²) >= 11 is 0. The second-order valence-corrected chi connectivity index (χ2v) is 4.25. The van der Waals surface area contributed by atoms with Crippen molar-refractivity contribution in [2.75, 3.05) is 20.2 Å². The summed E-state index contributed by atoms with van der Waals surface area (Å²) in [5.74, 6) is 1.21. The fraction of sp³-hybridized carbons (Fsp3) is 0.583. The van der Waals surface area contributed by atoms with Crippen molar-refractivity contribution in [2.45, 2.75) is 25.5 Å². The number of hydrogen-bond acceptors (Lipinski definition) is 4. The first-order chi connectivity index (χ1) is 7.78. The first-order valence-electron chi connectivity index (χ1n) is 5.62. The van der Waals surface area contributed by atoms with Crippen LogP contribution >= 0.6 is 0 Å². The highest BCUT2D eigenvalue weighted by Crippen LogP contribution is 2.14. The average Bonchev–Trinajstić information content (AvgIpc) is 2.89. The number of rotatable bonds is 5. The third kappa shape index (κ3) is 2.93. The van der Waals surface area contributed by atoms with E-state index in [2.05, 4.69) is 4.90 Å². The van der Waals surface area contributed by atoms with Crippen molar-refractivity contribution in [2.24, 2.45) is 0 Å². The number of aldehydes is 1. The SMILES string of the molecule is CN(Cc1ccc(C=O)o1)CC1CCCO1. The Morgan fingerprint density at radius 1 is 1.56 bits per heavy atom. The van der Waals surface area contributed by atoms with Crippen molar-refractivity contribution in [3.05, 3.63) is 23.7 Å². The van der Waals surface area contributed by atoms with E-state index in [4.69, 9.17) is 9.15 Å². The van der Waals surface area contributed by atoms with Crippen LogP contribution in [0, 0.1) is 0 Å². The summed E-state index contributed by atoms with van der Waals surface area (Å²) in [5, 5.41) is 0. The summed E-state index contributed by atoms with van der Waals surface area (Å²) in [6.07, 6.45) is 3.38. The van der Waals surface area contributed by atoms with Gasteiger partial charge in [0.2, 0.25) is 0 Å². The van der Waals surface area contributed by atoms with Crippen molar-refractivity contribution in [3.8, 4) is 0 Å². The Morgan fingerprint density at radius 2 is 2.44 bits per heavy atom. The summed E-state index contributed by atoms with van der Waals surface area (Å²) in [4.78, 5) is 12.6. The molecule has 1 atom stereocenters. The van der Waals surface area contributed by atoms with Crippen LogP contribution in [-0.4, -0.2) is 37.5 Å². The fourth-order valence-electron chi connectivity index (χ4n) is 2.01. The predicted molar refractivity (Wildman–Crippen MR) is 59.4 cm³/mol. The summed E-state index contributed by atoms with van der Waals surface area (Å²) in [6, 6.07) is 3.54. The van der Waals surface area contributed by atoms with Gasteiger partial charge in [-0.15, -0.1) is 0 Å². The van der Waals surface area contributed by atoms with Gasteiger partial charge < -0.3 is 9.15 Å². The van der Waals surface area contributed by atoms with E-state index in [1.165, 1.54) is 0 Å². The number of nitrogens with zero attached hydrogens (tertiary/aromatic N) is 1. The van der Waals surface area contributed by atoms with E-state index in [1.807, 2.05) is 13.1 Å². The van der Waals surface area contributed by atoms with Gasteiger partial charge in [0.05, 0.1) is 12.6 Å². The highest BCUT2D eigenvalue weighted by molar-refractivity contribution is 5.70. The third-order valence-electron chi connectivity index (χ3n) is 2.76. The Morgan fingerprint density at radius 3 is 3.06 bits per heavy atom. The molecule has 0 radical (unpaired) electrons. The minimum atomic E-state index is 0.352. The van der Waals surface area contributed by atoms with Gasteiger partial charge in [0.15, 0.2) is 12.0 Å². The summed E-state index contributed by atoms with van der Waals surface area (Å²) in [7, 11) is 2.03. The molecule has 0 bridgehead atoms. The zero-order valence-electron chi connectivity index (χ0n) is 9.52. The third-order valence-corrected chi connectivity index (χ3v) is 2.76. The number of furan rings is 1. The Kier molecular flexibility index (Phi) is 3.74. The van der Waals surface area contributed by atoms with Gasteiger partial charge in [-0.1, -0.05) is 0 Å². The van der Waals surface area contributed by atoms with E-state index in [1.54, 1.807) is 6.07 Å². The Hall–Kier alpha value is -1.13. The zero-order chi connectivity index (χ0) is 11.4. The zero-order valence-corrected chi connectivity index (χ0v) is 9.52. The second-order valence-electron chi connectivity index (χ2n) is 4.25. The van der Waals surface area contributed by atoms with E-state index in [0.29, 0.717) is 18.4 Å². The lowest BCUT2D eigenvalue weighted by molar-refractivity contribution is 0.0772. The molecule has 0 spiro atoms. The van der Waals surface area contributed by atoms with Crippen molar-refractivity contribution >= 4 is 6.29 Å². The standard InChI is InChI=1S/C12H17NO3/c1-13(7-10-3-2-6-15-10)8-11-4-5-12(9-14)16-11/h4-5,9-10H,2-3,6-8H2,1H3. The molecular formula is C12H17NO3. The van der Waals surface area contributed by atoms with Crippen LogP contribution in [0.25, 0.3) is 0 Å². The molecule has 0 saturated carbocycles. The predicted octanol–water partition coefficient (Wildman–Crippen LogP) is 1.70. The van der Waals surface area contributed by atoms with Crippen molar-refractivity contribution in [1.29, 1.82) is 0 Å². The molecule has 1 unspecified atom stereocenters. The Bertz CT molecular complexity index is 342. The van der Waals surface area contributed by atoms with E-state index < -0.39 is 0 Å². The highest BCUT2D eigenvalue weighted by atomic mass is 16.5. The van der Waals surface area contributed by atoms with Crippen LogP contribution in [0.4, 0.5) is 0 Å². The van der Waals surface area contributed by atoms with Crippen molar-refractivity contribution < 1.29 is 13.9 Å². The van der Waals surface area contributed by atoms with Crippen LogP contribution in [-0.2, 0) is 11.3 Å². The molecule has 1 aliphatic heterocycles. The van der Waals surface area contributed by atoms with Gasteiger partial charge in [-0.2, -0.15) is 0 Å². The van der Waals surface area contributed by atoms with Gasteiger partial charge in [-0.3, -0.25) is 9.69 Å². The van der Waals surface area contributed by atoms with Crippen LogP contribution in [0.3, 0.4) is 0 Å². The molecule has 2 heterocycles. The number of ether oxygens (including phenoxy) is 1. The average molecular weight is 223 g/mol. The van der Waals surface area contributed by atoms with Crippen LogP contribution in [0.5, 0.6) is 0 Å². The molecule has 1 saturated heterocycles. The molecule has 1 fully saturated rings. The molecule has 1 aromatic rings. The van der Waals surface area contributed by atoms with Gasteiger partial charge in [0.25, 0.3) is 0 Å². The van der Waals surface area contributed by atoms with E-state index in [-0.39, 0.29) is 0 Å². The molecule has 16 heavy (non-hydrogen) atoms. The number of likely N-dealkylation sites (N-methyl/N-ethyl adjacent to an activating group) is 1. The summed E-state index contributed by atoms with van der Waals surface area (Å²) in [5.41, 5.74) is 0. The maximum Gasteiger partial charge on any atom is 0.185 e. The van der Waals surface area contributed by atoms with Gasteiger partial charge in [-0.25, -0.2) is 0 Å². The van der Waals surface area contributed by atoms with E-state index in [0.717, 1.165) is 38.0 Å². The maximum atomic E-state index is 10.5. The lowest BCUT2D eigenvalue weighted by Gasteiger charge is -2.19. The normalized spacial score (nSPS) is 20.5. The first-order valence-corrected chi connectivity index (χ1v) is 5.62. The minimum Gasteiger partial charge on any atom is -0.457 e. The molecule has 88 valence electrons. The number of carbonyl (C=O) groups excluding carboxylic acids is 1. The van der Waals surface area contributed by atoms with Crippen LogP contribution in [0.2, 0.25) is 0 Å². The largest absolute Gasteiger partial charge is 0.457 e. The first kappa shape index (κ1) is 11.4. The molecule has 0 aliphatic carbocycles. The van der Waals surface area contributed by atoms with Crippen LogP contribution in [0.15, 0.2) is 16.5 Å². The van der Waals surface area contributed by atoms with Crippen LogP contribution in [0.1, 0.15) is 29.2 Å². The van der Waals surface area contributed by atoms with Gasteiger partial charge in [0, 0.05) is 13.2 Å². The molecule has 1 aliphatic rings. The smallest absolute Gasteiger partial charge is 0.185 e. The summed E-state index contributed by atoms with van der Waals surface area (Å²) < 4.78 is 10.9. The van der Waals surface area contributed by atoms with Gasteiger partial charge in [-0.05, 0) is 32.0 Å². The lowest BCUT2D eigenvalue weighted by atomic mass is 10.2. The molecule has 4 nitrogen and oxygen atoms in total. The topological polar surface area (TPSA) is 42.7 Å². The van der Waals surface area contributed by atoms with Crippen molar-refractivity contribution in [3.63, 3.8) is 0 Å². The number of carbonyl (C=O) groups is 1. The second kappa shape index (κ2) is 5.27. The molecule has 1 aromatic heterocycles.